The van der Waals surface area contributed by atoms with Crippen LogP contribution in [0.1, 0.15) is 51.9 Å². The molecule has 84 valence electrons. The fourth-order valence-electron chi connectivity index (χ4n) is 5.08. The van der Waals surface area contributed by atoms with Gasteiger partial charge in [-0.05, 0) is 75.0 Å². The van der Waals surface area contributed by atoms with E-state index in [1.807, 2.05) is 6.92 Å². The minimum absolute atomic E-state index is 0.533. The van der Waals surface area contributed by atoms with E-state index >= 15 is 0 Å². The minimum atomic E-state index is 0.533. The van der Waals surface area contributed by atoms with E-state index in [4.69, 9.17) is 5.21 Å². The van der Waals surface area contributed by atoms with E-state index in [0.29, 0.717) is 5.41 Å². The maximum absolute atomic E-state index is 8.82. The van der Waals surface area contributed by atoms with Crippen LogP contribution < -0.4 is 0 Å². The molecule has 0 aromatic carbocycles. The van der Waals surface area contributed by atoms with E-state index in [1.54, 1.807) is 0 Å². The van der Waals surface area contributed by atoms with Crippen molar-refractivity contribution in [2.75, 3.05) is 0 Å². The number of oxime groups is 1. The second-order valence-corrected chi connectivity index (χ2v) is 6.43. The molecule has 0 aromatic rings. The Balaban J connectivity index is 1.81. The van der Waals surface area contributed by atoms with Crippen LogP contribution in [-0.4, -0.2) is 10.9 Å². The smallest absolute Gasteiger partial charge is 0.0545 e. The first-order valence-electron chi connectivity index (χ1n) is 6.37. The number of rotatable bonds is 2. The third kappa shape index (κ3) is 1.58. The fourth-order valence-corrected chi connectivity index (χ4v) is 5.08. The molecule has 2 heteroatoms. The van der Waals surface area contributed by atoms with E-state index < -0.39 is 0 Å². The molecule has 1 N–H and O–H groups in total. The normalized spacial score (nSPS) is 48.6. The standard InChI is InChI=1S/C13H21NO/c1-9(14-15)5-13-6-10-2-11(7-13)4-12(3-10)8-13/h10-12,15H,2-8H2,1H3/b14-9+. The van der Waals surface area contributed by atoms with Crippen molar-refractivity contribution in [3.8, 4) is 0 Å². The Kier molecular flexibility index (Phi) is 2.08. The van der Waals surface area contributed by atoms with Crippen LogP contribution in [0.2, 0.25) is 0 Å². The highest BCUT2D eigenvalue weighted by Gasteiger charge is 2.50. The van der Waals surface area contributed by atoms with Crippen LogP contribution in [0, 0.1) is 23.2 Å². The van der Waals surface area contributed by atoms with Crippen LogP contribution in [0.25, 0.3) is 0 Å². The van der Waals surface area contributed by atoms with E-state index in [-0.39, 0.29) is 0 Å². The second kappa shape index (κ2) is 3.23. The Morgan fingerprint density at radius 2 is 1.60 bits per heavy atom. The molecule has 2 nitrogen and oxygen atoms in total. The second-order valence-electron chi connectivity index (χ2n) is 6.43. The molecular weight excluding hydrogens is 186 g/mol. The molecule has 0 amide bonds. The summed E-state index contributed by atoms with van der Waals surface area (Å²) in [6, 6.07) is 0. The third-order valence-corrected chi connectivity index (χ3v) is 4.97. The van der Waals surface area contributed by atoms with E-state index in [2.05, 4.69) is 5.16 Å². The Labute approximate surface area is 91.7 Å². The van der Waals surface area contributed by atoms with Crippen molar-refractivity contribution < 1.29 is 5.21 Å². The first-order chi connectivity index (χ1) is 7.19. The van der Waals surface area contributed by atoms with Gasteiger partial charge in [0, 0.05) is 0 Å². The molecule has 15 heavy (non-hydrogen) atoms. The Morgan fingerprint density at radius 3 is 2.00 bits per heavy atom. The van der Waals surface area contributed by atoms with Gasteiger partial charge in [0.2, 0.25) is 0 Å². The topological polar surface area (TPSA) is 32.6 Å². The van der Waals surface area contributed by atoms with Gasteiger partial charge in [0.05, 0.1) is 5.71 Å². The first kappa shape index (κ1) is 9.68. The molecule has 4 fully saturated rings. The summed E-state index contributed by atoms with van der Waals surface area (Å²) in [7, 11) is 0. The summed E-state index contributed by atoms with van der Waals surface area (Å²) in [4.78, 5) is 0. The molecule has 0 unspecified atom stereocenters. The molecular formula is C13H21NO. The number of hydrogen-bond acceptors (Lipinski definition) is 2. The average Bonchev–Trinajstić information content (AvgIpc) is 2.14. The zero-order chi connectivity index (χ0) is 10.5. The maximum atomic E-state index is 8.82. The van der Waals surface area contributed by atoms with Crippen molar-refractivity contribution in [2.24, 2.45) is 28.3 Å². The molecule has 0 heterocycles. The minimum Gasteiger partial charge on any atom is -0.411 e. The largest absolute Gasteiger partial charge is 0.411 e. The van der Waals surface area contributed by atoms with Crippen molar-refractivity contribution in [1.29, 1.82) is 0 Å². The lowest BCUT2D eigenvalue weighted by atomic mass is 9.48. The van der Waals surface area contributed by atoms with Gasteiger partial charge in [-0.25, -0.2) is 0 Å². The summed E-state index contributed by atoms with van der Waals surface area (Å²) in [6.45, 7) is 1.97. The van der Waals surface area contributed by atoms with Crippen molar-refractivity contribution >= 4 is 5.71 Å². The lowest BCUT2D eigenvalue weighted by Crippen LogP contribution is -2.46. The summed E-state index contributed by atoms with van der Waals surface area (Å²) >= 11 is 0. The fraction of sp³-hybridized carbons (Fsp3) is 0.923. The highest BCUT2D eigenvalue weighted by molar-refractivity contribution is 5.82. The molecule has 4 bridgehead atoms. The summed E-state index contributed by atoms with van der Waals surface area (Å²) in [5, 5.41) is 12.2. The Hall–Kier alpha value is -0.530. The molecule has 0 spiro atoms. The summed E-state index contributed by atoms with van der Waals surface area (Å²) in [5.74, 6) is 3.01. The number of hydrogen-bond donors (Lipinski definition) is 1. The lowest BCUT2D eigenvalue weighted by molar-refractivity contribution is -0.0484. The third-order valence-electron chi connectivity index (χ3n) is 4.97. The van der Waals surface area contributed by atoms with Crippen LogP contribution in [-0.2, 0) is 0 Å². The quantitative estimate of drug-likeness (QED) is 0.420. The molecule has 0 aliphatic heterocycles. The van der Waals surface area contributed by atoms with Gasteiger partial charge in [-0.15, -0.1) is 0 Å². The Bertz CT molecular complexity index is 260. The van der Waals surface area contributed by atoms with Crippen LogP contribution in [0.15, 0.2) is 5.16 Å². The van der Waals surface area contributed by atoms with Crippen LogP contribution in [0.3, 0.4) is 0 Å². The molecule has 0 radical (unpaired) electrons. The highest BCUT2D eigenvalue weighted by atomic mass is 16.4. The van der Waals surface area contributed by atoms with Crippen molar-refractivity contribution in [3.05, 3.63) is 0 Å². The zero-order valence-corrected chi connectivity index (χ0v) is 9.58. The molecule has 4 aliphatic carbocycles. The van der Waals surface area contributed by atoms with E-state index in [9.17, 15) is 0 Å². The van der Waals surface area contributed by atoms with Crippen LogP contribution >= 0.6 is 0 Å². The molecule has 4 rings (SSSR count). The predicted octanol–water partition coefficient (Wildman–Crippen LogP) is 3.44. The molecule has 4 aliphatic rings. The van der Waals surface area contributed by atoms with Gasteiger partial charge in [-0.1, -0.05) is 5.16 Å². The summed E-state index contributed by atoms with van der Waals surface area (Å²) < 4.78 is 0. The van der Waals surface area contributed by atoms with Gasteiger partial charge >= 0.3 is 0 Å². The van der Waals surface area contributed by atoms with Crippen molar-refractivity contribution in [2.45, 2.75) is 51.9 Å². The SMILES string of the molecule is C/C(CC12CC3CC(CC(C3)C1)C2)=N\O. The Morgan fingerprint density at radius 1 is 1.13 bits per heavy atom. The van der Waals surface area contributed by atoms with Gasteiger partial charge < -0.3 is 5.21 Å². The van der Waals surface area contributed by atoms with Crippen LogP contribution in [0.4, 0.5) is 0 Å². The van der Waals surface area contributed by atoms with Crippen molar-refractivity contribution in [1.82, 2.24) is 0 Å². The number of nitrogens with zero attached hydrogens (tertiary/aromatic N) is 1. The van der Waals surface area contributed by atoms with E-state index in [0.717, 1.165) is 29.9 Å². The maximum Gasteiger partial charge on any atom is 0.0545 e. The molecule has 4 saturated carbocycles. The average molecular weight is 207 g/mol. The van der Waals surface area contributed by atoms with Gasteiger partial charge in [0.25, 0.3) is 0 Å². The van der Waals surface area contributed by atoms with Crippen LogP contribution in [0.5, 0.6) is 0 Å². The monoisotopic (exact) mass is 207 g/mol. The van der Waals surface area contributed by atoms with E-state index in [1.165, 1.54) is 38.5 Å². The lowest BCUT2D eigenvalue weighted by Gasteiger charge is -2.57. The van der Waals surface area contributed by atoms with Gasteiger partial charge in [-0.2, -0.15) is 0 Å². The molecule has 0 aromatic heterocycles. The summed E-state index contributed by atoms with van der Waals surface area (Å²) in [6.07, 6.45) is 9.76. The van der Waals surface area contributed by atoms with Gasteiger partial charge in [0.15, 0.2) is 0 Å². The van der Waals surface area contributed by atoms with Gasteiger partial charge in [0.1, 0.15) is 0 Å². The zero-order valence-electron chi connectivity index (χ0n) is 9.58. The highest BCUT2D eigenvalue weighted by Crippen LogP contribution is 2.61. The molecule has 0 saturated heterocycles. The predicted molar refractivity (Wildman–Crippen MR) is 60.1 cm³/mol. The molecule has 0 atom stereocenters. The summed E-state index contributed by atoms with van der Waals surface area (Å²) in [5.41, 5.74) is 1.47. The first-order valence-corrected chi connectivity index (χ1v) is 6.37. The van der Waals surface area contributed by atoms with Crippen molar-refractivity contribution in [3.63, 3.8) is 0 Å². The van der Waals surface area contributed by atoms with Gasteiger partial charge in [-0.3, -0.25) is 0 Å².